The largest absolute Gasteiger partial charge is 0.504 e. The maximum absolute atomic E-state index is 11.6. The maximum Gasteiger partial charge on any atom is 0.160 e. The number of nitrogens with one attached hydrogen (secondary N) is 1. The van der Waals surface area contributed by atoms with Gasteiger partial charge < -0.3 is 9.84 Å². The zero-order valence-corrected chi connectivity index (χ0v) is 19.5. The summed E-state index contributed by atoms with van der Waals surface area (Å²) in [4.78, 5) is 17.4. The van der Waals surface area contributed by atoms with Crippen molar-refractivity contribution in [3.8, 4) is 17.6 Å². The number of methoxy groups -OCH3 is 1. The molecule has 0 amide bonds. The fraction of sp³-hybridized carbons (Fsp3) is 0.444. The van der Waals surface area contributed by atoms with Crippen LogP contribution in [0.3, 0.4) is 0 Å². The summed E-state index contributed by atoms with van der Waals surface area (Å²) < 4.78 is 5.42. The molecule has 7 heteroatoms. The van der Waals surface area contributed by atoms with Crippen LogP contribution < -0.4 is 10.2 Å². The number of benzene rings is 2. The number of allylic oxidation sites excluding steroid dienone is 1. The number of nitriles is 1. The van der Waals surface area contributed by atoms with E-state index in [1.54, 1.807) is 25.3 Å². The Morgan fingerprint density at radius 3 is 2.74 bits per heavy atom. The number of nitrogens with zero attached hydrogens (tertiary/aromatic N) is 2. The molecular weight excluding hydrogens is 430 g/mol. The summed E-state index contributed by atoms with van der Waals surface area (Å²) in [6, 6.07) is 12.9. The molecule has 2 fully saturated rings. The van der Waals surface area contributed by atoms with Crippen molar-refractivity contribution in [3.05, 3.63) is 69.6 Å². The third kappa shape index (κ3) is 3.63. The molecule has 5 rings (SSSR count). The van der Waals surface area contributed by atoms with Crippen LogP contribution in [0.2, 0.25) is 0 Å². The number of hydrogen-bond acceptors (Lipinski definition) is 7. The molecule has 0 radical (unpaired) electrons. The Morgan fingerprint density at radius 1 is 1.24 bits per heavy atom. The Bertz CT molecular complexity index is 1170. The van der Waals surface area contributed by atoms with Crippen LogP contribution in [0.25, 0.3) is 5.70 Å². The Kier molecular flexibility index (Phi) is 5.78. The molecule has 1 unspecified atom stereocenters. The average molecular weight is 460 g/mol. The van der Waals surface area contributed by atoms with Gasteiger partial charge in [-0.15, -0.1) is 0 Å². The molecule has 0 spiro atoms. The number of hydroxylamine groups is 1. The SMILES string of the molecule is COc1cc2c(cc1O)C(NOCc1ccc(C#N)cc1)=C[C@@H]1[C@@H]2CC[C@]2(C)C(N=O)CC[C@@H]12. The van der Waals surface area contributed by atoms with Crippen molar-refractivity contribution in [3.63, 3.8) is 0 Å². The van der Waals surface area contributed by atoms with E-state index < -0.39 is 0 Å². The van der Waals surface area contributed by atoms with E-state index in [-0.39, 0.29) is 29.0 Å². The van der Waals surface area contributed by atoms with Crippen LogP contribution in [0.15, 0.2) is 47.7 Å². The first-order chi connectivity index (χ1) is 16.5. The van der Waals surface area contributed by atoms with Crippen molar-refractivity contribution in [1.29, 1.82) is 5.26 Å². The molecule has 5 atom stereocenters. The molecule has 176 valence electrons. The maximum atomic E-state index is 11.6. The summed E-state index contributed by atoms with van der Waals surface area (Å²) in [5.74, 6) is 1.44. The summed E-state index contributed by atoms with van der Waals surface area (Å²) in [5.41, 5.74) is 7.45. The van der Waals surface area contributed by atoms with Crippen LogP contribution in [0.4, 0.5) is 0 Å². The van der Waals surface area contributed by atoms with E-state index in [2.05, 4.69) is 29.7 Å². The quantitative estimate of drug-likeness (QED) is 0.443. The lowest BCUT2D eigenvalue weighted by Crippen LogP contribution is -2.42. The minimum Gasteiger partial charge on any atom is -0.504 e. The number of rotatable bonds is 6. The van der Waals surface area contributed by atoms with E-state index in [1.165, 1.54) is 0 Å². The number of fused-ring (bicyclic) bond motifs is 5. The molecule has 0 heterocycles. The second kappa shape index (κ2) is 8.77. The summed E-state index contributed by atoms with van der Waals surface area (Å²) in [5, 5.41) is 23.0. The van der Waals surface area contributed by atoms with Gasteiger partial charge in [-0.05, 0) is 84.2 Å². The van der Waals surface area contributed by atoms with Crippen LogP contribution in [0.1, 0.15) is 60.8 Å². The number of aromatic hydroxyl groups is 1. The van der Waals surface area contributed by atoms with Crippen molar-refractivity contribution < 1.29 is 14.7 Å². The van der Waals surface area contributed by atoms with Gasteiger partial charge in [0.15, 0.2) is 11.5 Å². The molecule has 7 nitrogen and oxygen atoms in total. The van der Waals surface area contributed by atoms with Crippen molar-refractivity contribution in [2.75, 3.05) is 7.11 Å². The van der Waals surface area contributed by atoms with Gasteiger partial charge in [0.2, 0.25) is 0 Å². The van der Waals surface area contributed by atoms with Gasteiger partial charge in [0, 0.05) is 5.56 Å². The molecule has 0 bridgehead atoms. The third-order valence-electron chi connectivity index (χ3n) is 8.31. The molecule has 2 saturated carbocycles. The lowest BCUT2D eigenvalue weighted by molar-refractivity contribution is 0.0591. The van der Waals surface area contributed by atoms with E-state index in [1.807, 2.05) is 18.2 Å². The van der Waals surface area contributed by atoms with Crippen LogP contribution in [-0.4, -0.2) is 18.3 Å². The highest BCUT2D eigenvalue weighted by Gasteiger charge is 2.55. The van der Waals surface area contributed by atoms with Crippen LogP contribution in [-0.2, 0) is 11.4 Å². The van der Waals surface area contributed by atoms with Gasteiger partial charge in [-0.25, -0.2) is 0 Å². The molecule has 0 aromatic heterocycles. The summed E-state index contributed by atoms with van der Waals surface area (Å²) >= 11 is 0. The van der Waals surface area contributed by atoms with Gasteiger partial charge in [0.05, 0.1) is 37.1 Å². The van der Waals surface area contributed by atoms with Crippen LogP contribution in [0.5, 0.6) is 11.5 Å². The standard InChI is InChI=1S/C27H29N3O4/c1-27-10-9-18-19-13-25(33-2)24(31)12-21(19)23(11-20(18)22(27)7-8-26(27)29-32)30-34-15-17-5-3-16(14-28)4-6-17/h3-6,11-13,18,20,22,26,30-31H,7-10,15H2,1-2H3/t18-,20-,22+,26?,27+/m1/s1. The molecule has 2 aromatic rings. The first-order valence-electron chi connectivity index (χ1n) is 11.8. The normalized spacial score (nSPS) is 29.1. The highest BCUT2D eigenvalue weighted by Crippen LogP contribution is 2.61. The van der Waals surface area contributed by atoms with E-state index in [9.17, 15) is 10.0 Å². The van der Waals surface area contributed by atoms with Gasteiger partial charge in [0.25, 0.3) is 0 Å². The number of ether oxygens (including phenoxy) is 1. The summed E-state index contributed by atoms with van der Waals surface area (Å²) in [6.07, 6.45) is 5.97. The van der Waals surface area contributed by atoms with E-state index in [0.717, 1.165) is 48.1 Å². The van der Waals surface area contributed by atoms with Crippen molar-refractivity contribution in [2.24, 2.45) is 22.4 Å². The van der Waals surface area contributed by atoms with Gasteiger partial charge in [-0.2, -0.15) is 10.2 Å². The molecule has 0 aliphatic heterocycles. The van der Waals surface area contributed by atoms with Gasteiger partial charge >= 0.3 is 0 Å². The fourth-order valence-electron chi connectivity index (χ4n) is 6.47. The van der Waals surface area contributed by atoms with Crippen molar-refractivity contribution in [2.45, 2.75) is 51.2 Å². The Labute approximate surface area is 199 Å². The highest BCUT2D eigenvalue weighted by molar-refractivity contribution is 5.72. The van der Waals surface area contributed by atoms with Crippen molar-refractivity contribution >= 4 is 5.70 Å². The molecule has 2 aromatic carbocycles. The number of phenolic OH excluding ortho intramolecular Hbond substituents is 1. The first kappa shape index (κ1) is 22.4. The van der Waals surface area contributed by atoms with E-state index in [0.29, 0.717) is 23.8 Å². The number of hydrogen-bond donors (Lipinski definition) is 2. The Morgan fingerprint density at radius 2 is 2.03 bits per heavy atom. The van der Waals surface area contributed by atoms with Crippen LogP contribution in [0, 0.1) is 33.5 Å². The minimum absolute atomic E-state index is 0.0891. The zero-order valence-electron chi connectivity index (χ0n) is 19.5. The monoisotopic (exact) mass is 459 g/mol. The smallest absolute Gasteiger partial charge is 0.160 e. The molecule has 34 heavy (non-hydrogen) atoms. The van der Waals surface area contributed by atoms with Gasteiger partial charge in [-0.3, -0.25) is 10.3 Å². The van der Waals surface area contributed by atoms with Crippen LogP contribution >= 0.6 is 0 Å². The lowest BCUT2D eigenvalue weighted by atomic mass is 9.56. The van der Waals surface area contributed by atoms with Crippen molar-refractivity contribution in [1.82, 2.24) is 5.48 Å². The second-order valence-corrected chi connectivity index (χ2v) is 9.92. The Hall–Kier alpha value is -3.37. The summed E-state index contributed by atoms with van der Waals surface area (Å²) in [7, 11) is 1.56. The number of nitroso groups, excluding NO2 is 1. The summed E-state index contributed by atoms with van der Waals surface area (Å²) in [6.45, 7) is 2.55. The molecule has 3 aliphatic rings. The van der Waals surface area contributed by atoms with E-state index in [4.69, 9.17) is 14.8 Å². The number of phenols is 1. The Balaban J connectivity index is 1.45. The lowest BCUT2D eigenvalue weighted by Gasteiger charge is -2.48. The molecular formula is C27H29N3O4. The molecule has 0 saturated heterocycles. The zero-order chi connectivity index (χ0) is 23.9. The molecule has 3 aliphatic carbocycles. The van der Waals surface area contributed by atoms with Gasteiger partial charge in [0.1, 0.15) is 0 Å². The van der Waals surface area contributed by atoms with E-state index >= 15 is 0 Å². The topological polar surface area (TPSA) is 104 Å². The predicted octanol–water partition coefficient (Wildman–Crippen LogP) is 5.39. The highest BCUT2D eigenvalue weighted by atomic mass is 16.6. The third-order valence-corrected chi connectivity index (χ3v) is 8.31. The minimum atomic E-state index is -0.133. The fourth-order valence-corrected chi connectivity index (χ4v) is 6.47. The first-order valence-corrected chi connectivity index (χ1v) is 11.8. The predicted molar refractivity (Wildman–Crippen MR) is 128 cm³/mol. The van der Waals surface area contributed by atoms with Gasteiger partial charge in [-0.1, -0.05) is 30.3 Å². The average Bonchev–Trinajstić information content (AvgIpc) is 3.20. The molecule has 2 N–H and O–H groups in total. The second-order valence-electron chi connectivity index (χ2n) is 9.92.